The minimum absolute atomic E-state index is 0.738. The van der Waals surface area contributed by atoms with E-state index in [2.05, 4.69) is 25.5 Å². The van der Waals surface area contributed by atoms with Gasteiger partial charge >= 0.3 is 0 Å². The molecular formula is C6H7BrN2. The topological polar surface area (TPSA) is 17.8 Å². The van der Waals surface area contributed by atoms with Crippen LogP contribution in [0.2, 0.25) is 0 Å². The summed E-state index contributed by atoms with van der Waals surface area (Å²) in [7, 11) is 0. The molecule has 0 amide bonds. The largest absolute Gasteiger partial charge is 0.322 e. The summed E-state index contributed by atoms with van der Waals surface area (Å²) in [5, 5.41) is 0. The van der Waals surface area contributed by atoms with Gasteiger partial charge in [0.2, 0.25) is 0 Å². The van der Waals surface area contributed by atoms with E-state index in [9.17, 15) is 0 Å². The Kier molecular flexibility index (Phi) is 1.12. The Bertz CT molecular complexity index is 215. The minimum Gasteiger partial charge on any atom is -0.322 e. The van der Waals surface area contributed by atoms with Crippen LogP contribution >= 0.6 is 15.9 Å². The molecule has 2 nitrogen and oxygen atoms in total. The number of aromatic nitrogens is 2. The van der Waals surface area contributed by atoms with Gasteiger partial charge in [-0.15, -0.1) is 0 Å². The van der Waals surface area contributed by atoms with E-state index in [0.29, 0.717) is 0 Å². The van der Waals surface area contributed by atoms with E-state index in [1.54, 1.807) is 0 Å². The van der Waals surface area contributed by atoms with Crippen molar-refractivity contribution >= 4 is 15.9 Å². The first kappa shape index (κ1) is 5.47. The van der Waals surface area contributed by atoms with Crippen LogP contribution in [0.4, 0.5) is 0 Å². The average Bonchev–Trinajstić information content (AvgIpc) is 2.58. The molecule has 1 aliphatic rings. The molecule has 0 aliphatic heterocycles. The second kappa shape index (κ2) is 1.84. The molecule has 1 aliphatic carbocycles. The van der Waals surface area contributed by atoms with Crippen LogP contribution in [0.25, 0.3) is 0 Å². The zero-order chi connectivity index (χ0) is 6.27. The maximum atomic E-state index is 4.00. The highest BCUT2D eigenvalue weighted by Crippen LogP contribution is 2.36. The number of imidazole rings is 1. The predicted molar refractivity (Wildman–Crippen MR) is 38.2 cm³/mol. The highest BCUT2D eigenvalue weighted by Gasteiger charge is 2.24. The van der Waals surface area contributed by atoms with Crippen molar-refractivity contribution in [1.29, 1.82) is 0 Å². The second-order valence-corrected chi connectivity index (χ2v) is 3.17. The fourth-order valence-electron chi connectivity index (χ4n) is 0.910. The van der Waals surface area contributed by atoms with Crippen LogP contribution in [0, 0.1) is 0 Å². The lowest BCUT2D eigenvalue weighted by atomic mass is 10.7. The van der Waals surface area contributed by atoms with Gasteiger partial charge in [-0.1, -0.05) is 0 Å². The van der Waals surface area contributed by atoms with Crippen LogP contribution < -0.4 is 0 Å². The van der Waals surface area contributed by atoms with Gasteiger partial charge in [0.25, 0.3) is 0 Å². The van der Waals surface area contributed by atoms with E-state index >= 15 is 0 Å². The molecule has 48 valence electrons. The summed E-state index contributed by atoms with van der Waals surface area (Å²) >= 11 is 3.41. The van der Waals surface area contributed by atoms with Crippen molar-refractivity contribution in [2.75, 3.05) is 0 Å². The minimum atomic E-state index is 0.738. The van der Waals surface area contributed by atoms with Gasteiger partial charge in [-0.25, -0.2) is 4.98 Å². The Morgan fingerprint density at radius 2 is 2.44 bits per heavy atom. The monoisotopic (exact) mass is 186 g/mol. The molecule has 0 aromatic carbocycles. The number of rotatable bonds is 1. The van der Waals surface area contributed by atoms with Crippen molar-refractivity contribution < 1.29 is 0 Å². The third-order valence-corrected chi connectivity index (χ3v) is 2.17. The van der Waals surface area contributed by atoms with Crippen LogP contribution in [0.3, 0.4) is 0 Å². The first-order valence-corrected chi connectivity index (χ1v) is 3.84. The van der Waals surface area contributed by atoms with Gasteiger partial charge in [-0.05, 0) is 28.8 Å². The molecule has 0 unspecified atom stereocenters. The zero-order valence-electron chi connectivity index (χ0n) is 4.92. The molecule has 0 spiro atoms. The maximum Gasteiger partial charge on any atom is 0.105 e. The zero-order valence-corrected chi connectivity index (χ0v) is 6.50. The molecule has 0 radical (unpaired) electrons. The maximum absolute atomic E-state index is 4.00. The summed E-state index contributed by atoms with van der Waals surface area (Å²) in [4.78, 5) is 4.00. The molecule has 0 N–H and O–H groups in total. The lowest BCUT2D eigenvalue weighted by Crippen LogP contribution is -1.89. The van der Waals surface area contributed by atoms with E-state index in [1.807, 2.05) is 12.5 Å². The Morgan fingerprint density at radius 3 is 2.89 bits per heavy atom. The number of halogens is 1. The Hall–Kier alpha value is -0.310. The van der Waals surface area contributed by atoms with Crippen molar-refractivity contribution in [3.8, 4) is 0 Å². The summed E-state index contributed by atoms with van der Waals surface area (Å²) in [5.41, 5.74) is 0. The van der Waals surface area contributed by atoms with Crippen LogP contribution in [0.15, 0.2) is 17.1 Å². The summed E-state index contributed by atoms with van der Waals surface area (Å²) in [6, 6.07) is 0.738. The smallest absolute Gasteiger partial charge is 0.105 e. The fourth-order valence-corrected chi connectivity index (χ4v) is 1.41. The van der Waals surface area contributed by atoms with E-state index in [1.165, 1.54) is 12.8 Å². The second-order valence-electron chi connectivity index (χ2n) is 2.35. The predicted octanol–water partition coefficient (Wildman–Crippen LogP) is 1.98. The van der Waals surface area contributed by atoms with Crippen LogP contribution in [0.5, 0.6) is 0 Å². The third-order valence-electron chi connectivity index (χ3n) is 1.56. The van der Waals surface area contributed by atoms with E-state index < -0.39 is 0 Å². The van der Waals surface area contributed by atoms with E-state index in [-0.39, 0.29) is 0 Å². The van der Waals surface area contributed by atoms with E-state index in [4.69, 9.17) is 0 Å². The first-order valence-electron chi connectivity index (χ1n) is 3.05. The van der Waals surface area contributed by atoms with Crippen LogP contribution in [-0.4, -0.2) is 9.55 Å². The first-order chi connectivity index (χ1) is 4.38. The van der Waals surface area contributed by atoms with Crippen molar-refractivity contribution in [2.45, 2.75) is 18.9 Å². The summed E-state index contributed by atoms with van der Waals surface area (Å²) in [5.74, 6) is 0. The van der Waals surface area contributed by atoms with Gasteiger partial charge in [0.1, 0.15) is 4.60 Å². The molecule has 2 rings (SSSR count). The lowest BCUT2D eigenvalue weighted by molar-refractivity contribution is 0.725. The molecule has 1 fully saturated rings. The molecule has 1 aromatic rings. The van der Waals surface area contributed by atoms with Gasteiger partial charge in [0.15, 0.2) is 0 Å². The molecule has 1 saturated carbocycles. The van der Waals surface area contributed by atoms with Crippen LogP contribution in [-0.2, 0) is 0 Å². The SMILES string of the molecule is Brc1cncn1C1CC1. The summed E-state index contributed by atoms with van der Waals surface area (Å²) < 4.78 is 3.27. The molecule has 0 bridgehead atoms. The number of nitrogens with zero attached hydrogens (tertiary/aromatic N) is 2. The number of hydrogen-bond acceptors (Lipinski definition) is 1. The molecule has 0 saturated heterocycles. The molecule has 3 heteroatoms. The molecule has 9 heavy (non-hydrogen) atoms. The molecule has 1 heterocycles. The molecule has 0 atom stereocenters. The van der Waals surface area contributed by atoms with Gasteiger partial charge < -0.3 is 4.57 Å². The molecule has 1 aromatic heterocycles. The number of hydrogen-bond donors (Lipinski definition) is 0. The molecular weight excluding hydrogens is 180 g/mol. The van der Waals surface area contributed by atoms with Gasteiger partial charge in [-0.3, -0.25) is 0 Å². The summed E-state index contributed by atoms with van der Waals surface area (Å²) in [6.07, 6.45) is 6.34. The van der Waals surface area contributed by atoms with Crippen molar-refractivity contribution in [3.05, 3.63) is 17.1 Å². The van der Waals surface area contributed by atoms with Gasteiger partial charge in [0, 0.05) is 6.04 Å². The highest BCUT2D eigenvalue weighted by atomic mass is 79.9. The van der Waals surface area contributed by atoms with E-state index in [0.717, 1.165) is 10.6 Å². The average molecular weight is 187 g/mol. The quantitative estimate of drug-likeness (QED) is 0.657. The lowest BCUT2D eigenvalue weighted by Gasteiger charge is -1.96. The Labute approximate surface area is 62.0 Å². The summed E-state index contributed by atoms with van der Waals surface area (Å²) in [6.45, 7) is 0. The standard InChI is InChI=1S/C6H7BrN2/c7-6-3-8-4-9(6)5-1-2-5/h3-5H,1-2H2. The fraction of sp³-hybridized carbons (Fsp3) is 0.500. The van der Waals surface area contributed by atoms with Gasteiger partial charge in [-0.2, -0.15) is 0 Å². The van der Waals surface area contributed by atoms with Gasteiger partial charge in [0.05, 0.1) is 12.5 Å². The van der Waals surface area contributed by atoms with Crippen molar-refractivity contribution in [1.82, 2.24) is 9.55 Å². The van der Waals surface area contributed by atoms with Crippen molar-refractivity contribution in [3.63, 3.8) is 0 Å². The highest BCUT2D eigenvalue weighted by molar-refractivity contribution is 9.10. The Morgan fingerprint density at radius 1 is 1.67 bits per heavy atom. The van der Waals surface area contributed by atoms with Crippen molar-refractivity contribution in [2.24, 2.45) is 0 Å². The van der Waals surface area contributed by atoms with Crippen LogP contribution in [0.1, 0.15) is 18.9 Å². The Balaban J connectivity index is 2.35. The normalized spacial score (nSPS) is 18.3. The third kappa shape index (κ3) is 0.894.